The summed E-state index contributed by atoms with van der Waals surface area (Å²) in [6.45, 7) is 2.31. The quantitative estimate of drug-likeness (QED) is 0.838. The predicted molar refractivity (Wildman–Crippen MR) is 72.5 cm³/mol. The van der Waals surface area contributed by atoms with Crippen LogP contribution in [0.2, 0.25) is 0 Å². The first-order chi connectivity index (χ1) is 9.16. The lowest BCUT2D eigenvalue weighted by Crippen LogP contribution is -2.15. The number of benzene rings is 1. The number of ether oxygens (including phenoxy) is 1. The molecule has 2 aromatic rings. The Balaban J connectivity index is 2.05. The van der Waals surface area contributed by atoms with E-state index in [1.807, 2.05) is 43.3 Å². The Hall–Kier alpha value is -2.23. The minimum absolute atomic E-state index is 0.0480. The third kappa shape index (κ3) is 3.61. The number of hydrogen-bond donors (Lipinski definition) is 2. The summed E-state index contributed by atoms with van der Waals surface area (Å²) >= 11 is 0. The van der Waals surface area contributed by atoms with Crippen molar-refractivity contribution in [1.82, 2.24) is 4.98 Å². The fourth-order valence-electron chi connectivity index (χ4n) is 1.98. The lowest BCUT2D eigenvalue weighted by Gasteiger charge is -2.16. The molecule has 2 N–H and O–H groups in total. The second-order valence-corrected chi connectivity index (χ2v) is 4.50. The standard InChI is InChI=1S/C15H17NO3/c1-11-5-2-3-7-14(11)19-10-12(9-15(17)18)13-6-4-8-16-13/h2-8,12,16H,9-10H2,1H3,(H,17,18). The zero-order valence-corrected chi connectivity index (χ0v) is 10.8. The van der Waals surface area contributed by atoms with Gasteiger partial charge in [0, 0.05) is 17.8 Å². The number of nitrogens with one attached hydrogen (secondary N) is 1. The first-order valence-electron chi connectivity index (χ1n) is 6.20. The van der Waals surface area contributed by atoms with Crippen molar-refractivity contribution in [3.8, 4) is 5.75 Å². The van der Waals surface area contributed by atoms with Crippen LogP contribution in [0.15, 0.2) is 42.6 Å². The summed E-state index contributed by atoms with van der Waals surface area (Å²) in [5.41, 5.74) is 1.93. The second-order valence-electron chi connectivity index (χ2n) is 4.50. The van der Waals surface area contributed by atoms with Gasteiger partial charge in [-0.25, -0.2) is 0 Å². The van der Waals surface area contributed by atoms with Crippen molar-refractivity contribution in [1.29, 1.82) is 0 Å². The minimum atomic E-state index is -0.826. The molecule has 0 aliphatic rings. The molecule has 1 unspecified atom stereocenters. The van der Waals surface area contributed by atoms with Gasteiger partial charge in [-0.3, -0.25) is 4.79 Å². The maximum Gasteiger partial charge on any atom is 0.304 e. The Morgan fingerprint density at radius 1 is 1.32 bits per heavy atom. The summed E-state index contributed by atoms with van der Waals surface area (Å²) in [6.07, 6.45) is 1.84. The number of aliphatic carboxylic acids is 1. The fourth-order valence-corrected chi connectivity index (χ4v) is 1.98. The second kappa shape index (κ2) is 6.09. The summed E-state index contributed by atoms with van der Waals surface area (Å²) in [6, 6.07) is 11.5. The van der Waals surface area contributed by atoms with Gasteiger partial charge in [0.05, 0.1) is 13.0 Å². The van der Waals surface area contributed by atoms with Crippen molar-refractivity contribution >= 4 is 5.97 Å². The molecule has 1 atom stereocenters. The number of H-pyrrole nitrogens is 1. The highest BCUT2D eigenvalue weighted by molar-refractivity contribution is 5.67. The van der Waals surface area contributed by atoms with Crippen LogP contribution in [0, 0.1) is 6.92 Å². The molecule has 19 heavy (non-hydrogen) atoms. The van der Waals surface area contributed by atoms with Crippen LogP contribution >= 0.6 is 0 Å². The van der Waals surface area contributed by atoms with Gasteiger partial charge in [-0.05, 0) is 30.7 Å². The van der Waals surface area contributed by atoms with Gasteiger partial charge in [0.25, 0.3) is 0 Å². The molecule has 0 fully saturated rings. The zero-order valence-electron chi connectivity index (χ0n) is 10.8. The predicted octanol–water partition coefficient (Wildman–Crippen LogP) is 2.96. The van der Waals surface area contributed by atoms with E-state index in [1.165, 1.54) is 0 Å². The van der Waals surface area contributed by atoms with Crippen LogP contribution in [0.4, 0.5) is 0 Å². The third-order valence-electron chi connectivity index (χ3n) is 3.02. The highest BCUT2D eigenvalue weighted by Gasteiger charge is 2.17. The number of carboxylic acids is 1. The topological polar surface area (TPSA) is 62.3 Å². The SMILES string of the molecule is Cc1ccccc1OCC(CC(=O)O)c1ccc[nH]1. The van der Waals surface area contributed by atoms with E-state index >= 15 is 0 Å². The summed E-state index contributed by atoms with van der Waals surface area (Å²) in [4.78, 5) is 14.0. The van der Waals surface area contributed by atoms with Crippen LogP contribution < -0.4 is 4.74 Å². The number of aryl methyl sites for hydroxylation is 1. The molecule has 2 rings (SSSR count). The van der Waals surface area contributed by atoms with Crippen LogP contribution in [0.5, 0.6) is 5.75 Å². The molecule has 0 aliphatic heterocycles. The largest absolute Gasteiger partial charge is 0.493 e. The van der Waals surface area contributed by atoms with Crippen molar-refractivity contribution in [2.24, 2.45) is 0 Å². The maximum absolute atomic E-state index is 10.9. The molecule has 1 aromatic carbocycles. The average Bonchev–Trinajstić information content (AvgIpc) is 2.89. The number of para-hydroxylation sites is 1. The van der Waals surface area contributed by atoms with Crippen LogP contribution in [0.1, 0.15) is 23.6 Å². The monoisotopic (exact) mass is 259 g/mol. The van der Waals surface area contributed by atoms with Crippen LogP contribution in [-0.4, -0.2) is 22.7 Å². The molecule has 100 valence electrons. The fraction of sp³-hybridized carbons (Fsp3) is 0.267. The van der Waals surface area contributed by atoms with Gasteiger partial charge in [-0.15, -0.1) is 0 Å². The molecule has 1 heterocycles. The van der Waals surface area contributed by atoms with Gasteiger partial charge >= 0.3 is 5.97 Å². The van der Waals surface area contributed by atoms with Gasteiger partial charge in [0.15, 0.2) is 0 Å². The third-order valence-corrected chi connectivity index (χ3v) is 3.02. The van der Waals surface area contributed by atoms with E-state index < -0.39 is 5.97 Å². The number of aromatic amines is 1. The van der Waals surface area contributed by atoms with E-state index in [4.69, 9.17) is 9.84 Å². The number of rotatable bonds is 6. The Bertz CT molecular complexity index is 534. The van der Waals surface area contributed by atoms with E-state index in [0.717, 1.165) is 17.0 Å². The van der Waals surface area contributed by atoms with Crippen molar-refractivity contribution in [2.75, 3.05) is 6.61 Å². The number of aromatic nitrogens is 1. The molecular weight excluding hydrogens is 242 g/mol. The van der Waals surface area contributed by atoms with Gasteiger partial charge in [0.1, 0.15) is 5.75 Å². The van der Waals surface area contributed by atoms with E-state index in [0.29, 0.717) is 6.61 Å². The molecule has 4 nitrogen and oxygen atoms in total. The van der Waals surface area contributed by atoms with E-state index in [-0.39, 0.29) is 12.3 Å². The summed E-state index contributed by atoms with van der Waals surface area (Å²) in [5, 5.41) is 8.97. The molecule has 0 aliphatic carbocycles. The number of carbonyl (C=O) groups is 1. The first-order valence-corrected chi connectivity index (χ1v) is 6.20. The average molecular weight is 259 g/mol. The number of carboxylic acid groups (broad SMARTS) is 1. The Kier molecular flexibility index (Phi) is 4.23. The molecular formula is C15H17NO3. The molecule has 0 saturated heterocycles. The summed E-state index contributed by atoms with van der Waals surface area (Å²) in [7, 11) is 0. The summed E-state index contributed by atoms with van der Waals surface area (Å²) < 4.78 is 5.74. The highest BCUT2D eigenvalue weighted by Crippen LogP contribution is 2.22. The molecule has 0 amide bonds. The Morgan fingerprint density at radius 2 is 2.11 bits per heavy atom. The molecule has 0 saturated carbocycles. The van der Waals surface area contributed by atoms with Crippen LogP contribution in [-0.2, 0) is 4.79 Å². The van der Waals surface area contributed by atoms with Crippen LogP contribution in [0.25, 0.3) is 0 Å². The zero-order chi connectivity index (χ0) is 13.7. The normalized spacial score (nSPS) is 12.1. The molecule has 0 bridgehead atoms. The van der Waals surface area contributed by atoms with Crippen molar-refractivity contribution in [3.63, 3.8) is 0 Å². The minimum Gasteiger partial charge on any atom is -0.493 e. The van der Waals surface area contributed by atoms with E-state index in [1.54, 1.807) is 6.20 Å². The lowest BCUT2D eigenvalue weighted by atomic mass is 10.0. The van der Waals surface area contributed by atoms with Crippen LogP contribution in [0.3, 0.4) is 0 Å². The smallest absolute Gasteiger partial charge is 0.304 e. The van der Waals surface area contributed by atoms with E-state index in [9.17, 15) is 4.79 Å². The highest BCUT2D eigenvalue weighted by atomic mass is 16.5. The van der Waals surface area contributed by atoms with E-state index in [2.05, 4.69) is 4.98 Å². The Labute approximate surface area is 112 Å². The van der Waals surface area contributed by atoms with Gasteiger partial charge in [-0.2, -0.15) is 0 Å². The van der Waals surface area contributed by atoms with Gasteiger partial charge < -0.3 is 14.8 Å². The van der Waals surface area contributed by atoms with Crippen molar-refractivity contribution in [2.45, 2.75) is 19.3 Å². The number of hydrogen-bond acceptors (Lipinski definition) is 2. The summed E-state index contributed by atoms with van der Waals surface area (Å²) in [5.74, 6) is -0.204. The molecule has 0 spiro atoms. The molecule has 1 aromatic heterocycles. The van der Waals surface area contributed by atoms with Gasteiger partial charge in [-0.1, -0.05) is 18.2 Å². The van der Waals surface area contributed by atoms with Crippen molar-refractivity contribution in [3.05, 3.63) is 53.9 Å². The Morgan fingerprint density at radius 3 is 2.74 bits per heavy atom. The first kappa shape index (κ1) is 13.2. The van der Waals surface area contributed by atoms with Crippen molar-refractivity contribution < 1.29 is 14.6 Å². The molecule has 0 radical (unpaired) electrons. The van der Waals surface area contributed by atoms with Gasteiger partial charge in [0.2, 0.25) is 0 Å². The maximum atomic E-state index is 10.9. The lowest BCUT2D eigenvalue weighted by molar-refractivity contribution is -0.137. The molecule has 4 heteroatoms.